The number of rotatable bonds is 7. The van der Waals surface area contributed by atoms with Crippen LogP contribution in [0.15, 0.2) is 0 Å². The highest BCUT2D eigenvalue weighted by Crippen LogP contribution is 2.39. The number of methoxy groups -OCH3 is 1. The van der Waals surface area contributed by atoms with Gasteiger partial charge in [0, 0.05) is 38.6 Å². The van der Waals surface area contributed by atoms with Crippen LogP contribution < -0.4 is 0 Å². The van der Waals surface area contributed by atoms with Gasteiger partial charge in [0.05, 0.1) is 6.61 Å². The first-order valence-corrected chi connectivity index (χ1v) is 8.55. The van der Waals surface area contributed by atoms with E-state index >= 15 is 0 Å². The molecule has 124 valence electrons. The summed E-state index contributed by atoms with van der Waals surface area (Å²) in [7, 11) is 1.75. The molecule has 0 aliphatic heterocycles. The molecule has 0 N–H and O–H groups in total. The van der Waals surface area contributed by atoms with E-state index in [1.165, 1.54) is 0 Å². The second kappa shape index (κ2) is 8.28. The highest BCUT2D eigenvalue weighted by molar-refractivity contribution is 5.82. The average molecular weight is 297 g/mol. The SMILES string of the molecule is CCC(C)N(CCOC)CC1CC(C(C)(C)C)CCC1=O. The van der Waals surface area contributed by atoms with Gasteiger partial charge in [-0.25, -0.2) is 0 Å². The summed E-state index contributed by atoms with van der Waals surface area (Å²) in [6, 6.07) is 0.517. The van der Waals surface area contributed by atoms with Gasteiger partial charge in [-0.05, 0) is 37.5 Å². The fourth-order valence-electron chi connectivity index (χ4n) is 3.32. The Kier molecular flexibility index (Phi) is 7.35. The lowest BCUT2D eigenvalue weighted by Crippen LogP contribution is -2.43. The molecule has 0 aromatic carbocycles. The maximum absolute atomic E-state index is 12.3. The predicted molar refractivity (Wildman–Crippen MR) is 88.5 cm³/mol. The zero-order valence-electron chi connectivity index (χ0n) is 14.9. The van der Waals surface area contributed by atoms with E-state index in [2.05, 4.69) is 39.5 Å². The third-order valence-electron chi connectivity index (χ3n) is 5.24. The first-order valence-electron chi connectivity index (χ1n) is 8.55. The summed E-state index contributed by atoms with van der Waals surface area (Å²) < 4.78 is 5.23. The van der Waals surface area contributed by atoms with Crippen LogP contribution in [0.5, 0.6) is 0 Å². The summed E-state index contributed by atoms with van der Waals surface area (Å²) >= 11 is 0. The molecule has 3 unspecified atom stereocenters. The number of hydrogen-bond acceptors (Lipinski definition) is 3. The van der Waals surface area contributed by atoms with Crippen LogP contribution in [0.2, 0.25) is 0 Å². The van der Waals surface area contributed by atoms with Gasteiger partial charge in [-0.2, -0.15) is 0 Å². The van der Waals surface area contributed by atoms with Gasteiger partial charge in [-0.15, -0.1) is 0 Å². The Balaban J connectivity index is 2.68. The molecule has 3 heteroatoms. The molecule has 3 nitrogen and oxygen atoms in total. The Morgan fingerprint density at radius 1 is 1.38 bits per heavy atom. The second-order valence-electron chi connectivity index (χ2n) is 7.75. The molecule has 0 radical (unpaired) electrons. The average Bonchev–Trinajstić information content (AvgIpc) is 2.43. The van der Waals surface area contributed by atoms with Crippen molar-refractivity contribution in [3.63, 3.8) is 0 Å². The molecule has 0 spiro atoms. The van der Waals surface area contributed by atoms with Crippen molar-refractivity contribution in [3.05, 3.63) is 0 Å². The van der Waals surface area contributed by atoms with E-state index in [1.807, 2.05) is 0 Å². The minimum atomic E-state index is 0.217. The first-order chi connectivity index (χ1) is 9.79. The van der Waals surface area contributed by atoms with Crippen molar-refractivity contribution in [3.8, 4) is 0 Å². The molecular weight excluding hydrogens is 262 g/mol. The Morgan fingerprint density at radius 2 is 2.05 bits per heavy atom. The molecule has 1 fully saturated rings. The number of carbonyl (C=O) groups is 1. The molecule has 3 atom stereocenters. The largest absolute Gasteiger partial charge is 0.383 e. The van der Waals surface area contributed by atoms with Gasteiger partial charge in [-0.1, -0.05) is 27.7 Å². The lowest BCUT2D eigenvalue weighted by molar-refractivity contribution is -0.127. The highest BCUT2D eigenvalue weighted by atomic mass is 16.5. The third kappa shape index (κ3) is 5.71. The van der Waals surface area contributed by atoms with E-state index in [0.717, 1.165) is 45.4 Å². The second-order valence-corrected chi connectivity index (χ2v) is 7.75. The van der Waals surface area contributed by atoms with Crippen molar-refractivity contribution in [1.82, 2.24) is 4.90 Å². The van der Waals surface area contributed by atoms with Crippen LogP contribution in [0, 0.1) is 17.3 Å². The quantitative estimate of drug-likeness (QED) is 0.716. The van der Waals surface area contributed by atoms with Gasteiger partial charge in [0.1, 0.15) is 5.78 Å². The fourth-order valence-corrected chi connectivity index (χ4v) is 3.32. The summed E-state index contributed by atoms with van der Waals surface area (Å²) in [4.78, 5) is 14.8. The van der Waals surface area contributed by atoms with E-state index < -0.39 is 0 Å². The van der Waals surface area contributed by atoms with Gasteiger partial charge in [0.2, 0.25) is 0 Å². The Morgan fingerprint density at radius 3 is 2.57 bits per heavy atom. The van der Waals surface area contributed by atoms with Crippen LogP contribution in [0.25, 0.3) is 0 Å². The summed E-state index contributed by atoms with van der Waals surface area (Å²) in [6.07, 6.45) is 4.01. The molecule has 1 saturated carbocycles. The topological polar surface area (TPSA) is 29.5 Å². The molecule has 0 saturated heterocycles. The third-order valence-corrected chi connectivity index (χ3v) is 5.24. The fraction of sp³-hybridized carbons (Fsp3) is 0.944. The zero-order chi connectivity index (χ0) is 16.0. The van der Waals surface area contributed by atoms with Crippen molar-refractivity contribution in [1.29, 1.82) is 0 Å². The van der Waals surface area contributed by atoms with Crippen LogP contribution >= 0.6 is 0 Å². The van der Waals surface area contributed by atoms with Crippen molar-refractivity contribution < 1.29 is 9.53 Å². The van der Waals surface area contributed by atoms with Crippen molar-refractivity contribution in [2.75, 3.05) is 26.8 Å². The number of ether oxygens (including phenoxy) is 1. The van der Waals surface area contributed by atoms with Crippen LogP contribution in [0.4, 0.5) is 0 Å². The summed E-state index contributed by atoms with van der Waals surface area (Å²) in [5.41, 5.74) is 0.312. The van der Waals surface area contributed by atoms with E-state index in [9.17, 15) is 4.79 Å². The monoisotopic (exact) mass is 297 g/mol. The summed E-state index contributed by atoms with van der Waals surface area (Å²) in [5.74, 6) is 1.36. The number of ketones is 1. The molecule has 0 aromatic heterocycles. The van der Waals surface area contributed by atoms with E-state index in [0.29, 0.717) is 23.2 Å². The maximum Gasteiger partial charge on any atom is 0.137 e. The minimum Gasteiger partial charge on any atom is -0.383 e. The molecule has 1 aliphatic carbocycles. The summed E-state index contributed by atoms with van der Waals surface area (Å²) in [5, 5.41) is 0. The molecule has 0 bridgehead atoms. The smallest absolute Gasteiger partial charge is 0.137 e. The van der Waals surface area contributed by atoms with Crippen molar-refractivity contribution in [2.24, 2.45) is 17.3 Å². The zero-order valence-corrected chi connectivity index (χ0v) is 14.9. The van der Waals surface area contributed by atoms with Gasteiger partial charge >= 0.3 is 0 Å². The molecule has 1 aliphatic rings. The minimum absolute atomic E-state index is 0.217. The predicted octanol–water partition coefficient (Wildman–Crippen LogP) is 3.76. The van der Waals surface area contributed by atoms with Crippen molar-refractivity contribution in [2.45, 2.75) is 66.3 Å². The molecule has 0 heterocycles. The van der Waals surface area contributed by atoms with Crippen LogP contribution in [0.1, 0.15) is 60.3 Å². The Labute approximate surface area is 131 Å². The standard InChI is InChI=1S/C18H35NO2/c1-7-14(2)19(10-11-21-6)13-15-12-16(18(3,4)5)8-9-17(15)20/h14-16H,7-13H2,1-6H3. The Bertz CT molecular complexity index is 322. The van der Waals surface area contributed by atoms with Crippen LogP contribution in [0.3, 0.4) is 0 Å². The van der Waals surface area contributed by atoms with Crippen molar-refractivity contribution >= 4 is 5.78 Å². The van der Waals surface area contributed by atoms with E-state index in [1.54, 1.807) is 7.11 Å². The number of hydrogen-bond donors (Lipinski definition) is 0. The molecule has 0 aromatic rings. The number of Topliss-reactive ketones (excluding diaryl/α,β-unsaturated/α-hetero) is 1. The lowest BCUT2D eigenvalue weighted by atomic mass is 9.68. The maximum atomic E-state index is 12.3. The van der Waals surface area contributed by atoms with Crippen LogP contribution in [-0.2, 0) is 9.53 Å². The summed E-state index contributed by atoms with van der Waals surface area (Å²) in [6.45, 7) is 14.0. The van der Waals surface area contributed by atoms with Gasteiger partial charge in [-0.3, -0.25) is 9.69 Å². The van der Waals surface area contributed by atoms with E-state index in [4.69, 9.17) is 4.74 Å². The van der Waals surface area contributed by atoms with Gasteiger partial charge in [0.15, 0.2) is 0 Å². The molecule has 1 rings (SSSR count). The number of carbonyl (C=O) groups excluding carboxylic acids is 1. The molecule has 0 amide bonds. The highest BCUT2D eigenvalue weighted by Gasteiger charge is 2.35. The molecular formula is C18H35NO2. The van der Waals surface area contributed by atoms with Crippen LogP contribution in [-0.4, -0.2) is 43.5 Å². The Hall–Kier alpha value is -0.410. The first kappa shape index (κ1) is 18.6. The van der Waals surface area contributed by atoms with E-state index in [-0.39, 0.29) is 5.92 Å². The lowest BCUT2D eigenvalue weighted by Gasteiger charge is -2.39. The molecule has 21 heavy (non-hydrogen) atoms. The van der Waals surface area contributed by atoms with Gasteiger partial charge < -0.3 is 4.74 Å². The normalized spacial score (nSPS) is 25.4. The van der Waals surface area contributed by atoms with Gasteiger partial charge in [0.25, 0.3) is 0 Å². The number of nitrogens with zero attached hydrogens (tertiary/aromatic N) is 1.